The number of carbonyl (C=O) groups is 2. The van der Waals surface area contributed by atoms with Gasteiger partial charge in [-0.15, -0.1) is 0 Å². The third-order valence-corrected chi connectivity index (χ3v) is 3.87. The maximum absolute atomic E-state index is 12.2. The standard InChI is InChI=1S/C18H15N3O4/c22-17(13-9-11-5-1-2-6-12(11)19-13)20-21-18(23)16-10-24-14-7-3-4-8-15(14)25-16/h1-9,16,19H,10H2,(H,20,22)(H,21,23)/t16-/m1/s1. The number of rotatable bonds is 2. The number of aromatic nitrogens is 1. The SMILES string of the molecule is O=C(NNC(=O)[C@H]1COc2ccccc2O1)c1cc2ccccc2[nH]1. The van der Waals surface area contributed by atoms with E-state index in [1.165, 1.54) is 0 Å². The second-order valence-corrected chi connectivity index (χ2v) is 5.58. The molecule has 2 amide bonds. The maximum atomic E-state index is 12.2. The molecule has 0 saturated heterocycles. The number of para-hydroxylation sites is 3. The summed E-state index contributed by atoms with van der Waals surface area (Å²) in [6.07, 6.45) is -0.835. The van der Waals surface area contributed by atoms with Gasteiger partial charge in [-0.3, -0.25) is 20.4 Å². The Morgan fingerprint density at radius 1 is 1.00 bits per heavy atom. The lowest BCUT2D eigenvalue weighted by atomic mass is 10.2. The number of fused-ring (bicyclic) bond motifs is 2. The van der Waals surface area contributed by atoms with Crippen molar-refractivity contribution in [2.24, 2.45) is 0 Å². The fourth-order valence-electron chi connectivity index (χ4n) is 2.61. The lowest BCUT2D eigenvalue weighted by Crippen LogP contribution is -2.50. The number of benzene rings is 2. The van der Waals surface area contributed by atoms with Gasteiger partial charge >= 0.3 is 0 Å². The summed E-state index contributed by atoms with van der Waals surface area (Å²) >= 11 is 0. The van der Waals surface area contributed by atoms with Crippen molar-refractivity contribution in [3.63, 3.8) is 0 Å². The molecule has 0 unspecified atom stereocenters. The summed E-state index contributed by atoms with van der Waals surface area (Å²) in [5.74, 6) is 0.158. The minimum Gasteiger partial charge on any atom is -0.485 e. The predicted octanol–water partition coefficient (Wildman–Crippen LogP) is 1.77. The molecular weight excluding hydrogens is 322 g/mol. The van der Waals surface area contributed by atoms with Crippen molar-refractivity contribution in [1.82, 2.24) is 15.8 Å². The van der Waals surface area contributed by atoms with E-state index < -0.39 is 17.9 Å². The second kappa shape index (κ2) is 6.20. The van der Waals surface area contributed by atoms with Crippen LogP contribution in [-0.2, 0) is 4.79 Å². The fraction of sp³-hybridized carbons (Fsp3) is 0.111. The molecule has 4 rings (SSSR count). The summed E-state index contributed by atoms with van der Waals surface area (Å²) in [6.45, 7) is 0.0745. The number of ether oxygens (including phenoxy) is 2. The van der Waals surface area contributed by atoms with Crippen molar-refractivity contribution >= 4 is 22.7 Å². The number of H-pyrrole nitrogens is 1. The van der Waals surface area contributed by atoms with E-state index in [1.54, 1.807) is 24.3 Å². The van der Waals surface area contributed by atoms with Crippen LogP contribution in [0.5, 0.6) is 11.5 Å². The molecule has 1 aliphatic rings. The molecule has 3 aromatic rings. The third-order valence-electron chi connectivity index (χ3n) is 3.87. The Hall–Kier alpha value is -3.48. The van der Waals surface area contributed by atoms with E-state index in [0.717, 1.165) is 10.9 Å². The first-order chi connectivity index (χ1) is 12.2. The molecule has 0 aliphatic carbocycles. The first kappa shape index (κ1) is 15.1. The fourth-order valence-corrected chi connectivity index (χ4v) is 2.61. The Kier molecular flexibility index (Phi) is 3.74. The highest BCUT2D eigenvalue weighted by Crippen LogP contribution is 2.30. The molecule has 0 bridgehead atoms. The van der Waals surface area contributed by atoms with Crippen LogP contribution in [0, 0.1) is 0 Å². The first-order valence-corrected chi connectivity index (χ1v) is 7.77. The molecule has 1 atom stereocenters. The first-order valence-electron chi connectivity index (χ1n) is 7.77. The van der Waals surface area contributed by atoms with Crippen molar-refractivity contribution in [3.05, 3.63) is 60.3 Å². The lowest BCUT2D eigenvalue weighted by molar-refractivity contribution is -0.131. The Morgan fingerprint density at radius 2 is 1.76 bits per heavy atom. The van der Waals surface area contributed by atoms with Crippen LogP contribution < -0.4 is 20.3 Å². The van der Waals surface area contributed by atoms with Crippen LogP contribution in [0.15, 0.2) is 54.6 Å². The van der Waals surface area contributed by atoms with Gasteiger partial charge in [0.2, 0.25) is 6.10 Å². The second-order valence-electron chi connectivity index (χ2n) is 5.58. The number of nitrogens with one attached hydrogen (secondary N) is 3. The van der Waals surface area contributed by atoms with E-state index >= 15 is 0 Å². The summed E-state index contributed by atoms with van der Waals surface area (Å²) in [5, 5.41) is 0.916. The number of amides is 2. The van der Waals surface area contributed by atoms with Gasteiger partial charge in [0.15, 0.2) is 11.5 Å². The number of hydrogen-bond donors (Lipinski definition) is 3. The molecule has 3 N–H and O–H groups in total. The molecule has 0 spiro atoms. The van der Waals surface area contributed by atoms with E-state index in [1.807, 2.05) is 30.3 Å². The van der Waals surface area contributed by atoms with Crippen molar-refractivity contribution < 1.29 is 19.1 Å². The van der Waals surface area contributed by atoms with E-state index in [-0.39, 0.29) is 6.61 Å². The Balaban J connectivity index is 1.38. The molecule has 0 fully saturated rings. The number of carbonyl (C=O) groups excluding carboxylic acids is 2. The molecule has 126 valence electrons. The van der Waals surface area contributed by atoms with E-state index in [9.17, 15) is 9.59 Å². The van der Waals surface area contributed by atoms with Gasteiger partial charge in [0.05, 0.1) is 0 Å². The van der Waals surface area contributed by atoms with E-state index in [2.05, 4.69) is 15.8 Å². The molecule has 0 saturated carbocycles. The molecule has 1 aliphatic heterocycles. The highest BCUT2D eigenvalue weighted by atomic mass is 16.6. The van der Waals surface area contributed by atoms with Crippen LogP contribution in [0.3, 0.4) is 0 Å². The van der Waals surface area contributed by atoms with Crippen LogP contribution in [0.25, 0.3) is 10.9 Å². The number of aromatic amines is 1. The maximum Gasteiger partial charge on any atom is 0.286 e. The molecular formula is C18H15N3O4. The zero-order valence-corrected chi connectivity index (χ0v) is 13.1. The molecule has 0 radical (unpaired) electrons. The van der Waals surface area contributed by atoms with Crippen LogP contribution in [-0.4, -0.2) is 29.5 Å². The van der Waals surface area contributed by atoms with Crippen LogP contribution in [0.2, 0.25) is 0 Å². The molecule has 1 aromatic heterocycles. The largest absolute Gasteiger partial charge is 0.485 e. The van der Waals surface area contributed by atoms with Crippen LogP contribution in [0.4, 0.5) is 0 Å². The van der Waals surface area contributed by atoms with Crippen LogP contribution >= 0.6 is 0 Å². The van der Waals surface area contributed by atoms with Gasteiger partial charge in [0.25, 0.3) is 11.8 Å². The van der Waals surface area contributed by atoms with Gasteiger partial charge in [-0.25, -0.2) is 0 Å². The van der Waals surface area contributed by atoms with Gasteiger partial charge in [-0.05, 0) is 24.3 Å². The highest BCUT2D eigenvalue weighted by Gasteiger charge is 2.27. The minimum atomic E-state index is -0.835. The monoisotopic (exact) mass is 337 g/mol. The average Bonchev–Trinajstić information content (AvgIpc) is 3.09. The Labute approximate surface area is 142 Å². The molecule has 7 heteroatoms. The summed E-state index contributed by atoms with van der Waals surface area (Å²) < 4.78 is 11.1. The Bertz CT molecular complexity index is 917. The predicted molar refractivity (Wildman–Crippen MR) is 90.3 cm³/mol. The topological polar surface area (TPSA) is 92.5 Å². The van der Waals surface area contributed by atoms with Crippen LogP contribution in [0.1, 0.15) is 10.5 Å². The van der Waals surface area contributed by atoms with Crippen molar-refractivity contribution in [2.75, 3.05) is 6.61 Å². The van der Waals surface area contributed by atoms with Crippen molar-refractivity contribution in [2.45, 2.75) is 6.10 Å². The summed E-state index contributed by atoms with van der Waals surface area (Å²) in [4.78, 5) is 27.3. The van der Waals surface area contributed by atoms with Gasteiger partial charge in [-0.2, -0.15) is 0 Å². The van der Waals surface area contributed by atoms with Crippen molar-refractivity contribution in [1.29, 1.82) is 0 Å². The average molecular weight is 337 g/mol. The van der Waals surface area contributed by atoms with Gasteiger partial charge in [-0.1, -0.05) is 30.3 Å². The smallest absolute Gasteiger partial charge is 0.286 e. The van der Waals surface area contributed by atoms with Crippen molar-refractivity contribution in [3.8, 4) is 11.5 Å². The molecule has 2 aromatic carbocycles. The lowest BCUT2D eigenvalue weighted by Gasteiger charge is -2.25. The zero-order chi connectivity index (χ0) is 17.2. The quantitative estimate of drug-likeness (QED) is 0.622. The number of hydrogen-bond acceptors (Lipinski definition) is 4. The van der Waals surface area contributed by atoms with Gasteiger partial charge in [0.1, 0.15) is 12.3 Å². The summed E-state index contributed by atoms with van der Waals surface area (Å²) in [7, 11) is 0. The summed E-state index contributed by atoms with van der Waals surface area (Å²) in [6, 6.07) is 16.3. The van der Waals surface area contributed by atoms with Gasteiger partial charge < -0.3 is 14.5 Å². The zero-order valence-electron chi connectivity index (χ0n) is 13.1. The molecule has 7 nitrogen and oxygen atoms in total. The van der Waals surface area contributed by atoms with E-state index in [4.69, 9.17) is 9.47 Å². The van der Waals surface area contributed by atoms with Gasteiger partial charge in [0, 0.05) is 10.9 Å². The minimum absolute atomic E-state index is 0.0745. The highest BCUT2D eigenvalue weighted by molar-refractivity contribution is 5.99. The normalized spacial score (nSPS) is 15.6. The third kappa shape index (κ3) is 2.99. The molecule has 25 heavy (non-hydrogen) atoms. The van der Waals surface area contributed by atoms with E-state index in [0.29, 0.717) is 17.2 Å². The molecule has 2 heterocycles. The summed E-state index contributed by atoms with van der Waals surface area (Å²) in [5.41, 5.74) is 5.94. The Morgan fingerprint density at radius 3 is 2.60 bits per heavy atom. The number of hydrazine groups is 1.